The lowest BCUT2D eigenvalue weighted by molar-refractivity contribution is -0.0588. The van der Waals surface area contributed by atoms with Gasteiger partial charge < -0.3 is 4.84 Å². The van der Waals surface area contributed by atoms with Crippen LogP contribution in [0.25, 0.3) is 5.69 Å². The molecule has 0 fully saturated rings. The molecule has 2 amide bonds. The maximum absolute atomic E-state index is 12.3. The third kappa shape index (κ3) is 2.53. The van der Waals surface area contributed by atoms with Crippen molar-refractivity contribution in [3.05, 3.63) is 77.1 Å². The molecule has 0 saturated carbocycles. The van der Waals surface area contributed by atoms with Crippen LogP contribution in [0, 0.1) is 6.92 Å². The van der Waals surface area contributed by atoms with E-state index in [1.807, 2.05) is 31.2 Å². The van der Waals surface area contributed by atoms with Gasteiger partial charge in [-0.15, -0.1) is 5.10 Å². The maximum Gasteiger partial charge on any atom is 0.385 e. The van der Waals surface area contributed by atoms with Gasteiger partial charge in [-0.3, -0.25) is 9.59 Å². The fourth-order valence-corrected chi connectivity index (χ4v) is 2.56. The van der Waals surface area contributed by atoms with Crippen molar-refractivity contribution in [3.63, 3.8) is 0 Å². The van der Waals surface area contributed by atoms with E-state index in [9.17, 15) is 14.4 Å². The molecule has 1 aromatic heterocycles. The second-order valence-electron chi connectivity index (χ2n) is 5.71. The molecule has 8 nitrogen and oxygen atoms in total. The summed E-state index contributed by atoms with van der Waals surface area (Å²) in [5.74, 6) is -2.33. The van der Waals surface area contributed by atoms with Crippen LogP contribution in [-0.4, -0.2) is 37.8 Å². The van der Waals surface area contributed by atoms with Crippen molar-refractivity contribution in [1.82, 2.24) is 20.1 Å². The first kappa shape index (κ1) is 15.7. The van der Waals surface area contributed by atoms with Crippen molar-refractivity contribution in [2.45, 2.75) is 6.92 Å². The number of aryl methyl sites for hydroxylation is 1. The summed E-state index contributed by atoms with van der Waals surface area (Å²) >= 11 is 0. The summed E-state index contributed by atoms with van der Waals surface area (Å²) in [4.78, 5) is 41.6. The van der Waals surface area contributed by atoms with Gasteiger partial charge in [-0.1, -0.05) is 40.1 Å². The summed E-state index contributed by atoms with van der Waals surface area (Å²) in [5, 5.41) is 8.05. The monoisotopic (exact) mass is 348 g/mol. The van der Waals surface area contributed by atoms with Gasteiger partial charge in [0.15, 0.2) is 5.69 Å². The molecule has 3 aromatic rings. The Morgan fingerprint density at radius 3 is 2.19 bits per heavy atom. The zero-order chi connectivity index (χ0) is 18.3. The van der Waals surface area contributed by atoms with E-state index in [1.165, 1.54) is 23.0 Å². The first-order valence-corrected chi connectivity index (χ1v) is 7.74. The van der Waals surface area contributed by atoms with E-state index < -0.39 is 17.8 Å². The molecular weight excluding hydrogens is 336 g/mol. The number of fused-ring (bicyclic) bond motifs is 1. The zero-order valence-corrected chi connectivity index (χ0v) is 13.6. The first-order chi connectivity index (χ1) is 12.5. The molecule has 0 unspecified atom stereocenters. The summed E-state index contributed by atoms with van der Waals surface area (Å²) in [7, 11) is 0. The van der Waals surface area contributed by atoms with Gasteiger partial charge in [0.1, 0.15) is 0 Å². The topological polar surface area (TPSA) is 94.4 Å². The summed E-state index contributed by atoms with van der Waals surface area (Å²) in [6.07, 6.45) is 1.37. The van der Waals surface area contributed by atoms with Crippen molar-refractivity contribution in [2.75, 3.05) is 0 Å². The van der Waals surface area contributed by atoms with Crippen LogP contribution in [0.1, 0.15) is 36.8 Å². The Kier molecular flexibility index (Phi) is 3.58. The van der Waals surface area contributed by atoms with Crippen LogP contribution in [-0.2, 0) is 4.84 Å². The number of imide groups is 1. The molecule has 2 heterocycles. The van der Waals surface area contributed by atoms with Gasteiger partial charge in [0.05, 0.1) is 23.0 Å². The minimum Gasteiger partial charge on any atom is -0.322 e. The Hall–Kier alpha value is -3.81. The van der Waals surface area contributed by atoms with E-state index in [4.69, 9.17) is 4.84 Å². The highest BCUT2D eigenvalue weighted by Gasteiger charge is 2.39. The molecule has 0 spiro atoms. The Morgan fingerprint density at radius 1 is 0.962 bits per heavy atom. The van der Waals surface area contributed by atoms with Crippen molar-refractivity contribution in [2.24, 2.45) is 0 Å². The predicted octanol–water partition coefficient (Wildman–Crippen LogP) is 1.94. The molecular formula is C18H12N4O4. The number of aromatic nitrogens is 3. The van der Waals surface area contributed by atoms with Crippen molar-refractivity contribution in [3.8, 4) is 5.69 Å². The number of rotatable bonds is 3. The summed E-state index contributed by atoms with van der Waals surface area (Å²) < 4.78 is 1.40. The molecule has 128 valence electrons. The van der Waals surface area contributed by atoms with Gasteiger partial charge >= 0.3 is 5.97 Å². The minimum atomic E-state index is -0.946. The Bertz CT molecular complexity index is 1000. The average molecular weight is 348 g/mol. The first-order valence-electron chi connectivity index (χ1n) is 7.74. The highest BCUT2D eigenvalue weighted by Crippen LogP contribution is 2.23. The molecule has 2 aromatic carbocycles. The standard InChI is InChI=1S/C18H12N4O4/c1-11-6-8-12(9-7-11)21-10-15(19-20-21)18(25)26-22-16(23)13-4-2-3-5-14(13)17(22)24/h2-10H,1H3. The number of hydrogen-bond donors (Lipinski definition) is 0. The quantitative estimate of drug-likeness (QED) is 0.672. The Labute approximate surface area is 147 Å². The lowest BCUT2D eigenvalue weighted by Gasteiger charge is -2.11. The van der Waals surface area contributed by atoms with E-state index in [1.54, 1.807) is 12.1 Å². The van der Waals surface area contributed by atoms with Crippen LogP contribution in [0.5, 0.6) is 0 Å². The number of nitrogens with zero attached hydrogens (tertiary/aromatic N) is 4. The zero-order valence-electron chi connectivity index (χ0n) is 13.6. The average Bonchev–Trinajstić information content (AvgIpc) is 3.23. The molecule has 0 aliphatic carbocycles. The Morgan fingerprint density at radius 2 is 1.58 bits per heavy atom. The SMILES string of the molecule is Cc1ccc(-n2cc(C(=O)ON3C(=O)c4ccccc4C3=O)nn2)cc1. The largest absolute Gasteiger partial charge is 0.385 e. The molecule has 8 heteroatoms. The van der Waals surface area contributed by atoms with E-state index in [0.717, 1.165) is 5.56 Å². The molecule has 0 atom stereocenters. The van der Waals surface area contributed by atoms with Gasteiger partial charge in [0.25, 0.3) is 11.8 Å². The molecule has 1 aliphatic heterocycles. The van der Waals surface area contributed by atoms with Crippen LogP contribution in [0.3, 0.4) is 0 Å². The van der Waals surface area contributed by atoms with E-state index in [0.29, 0.717) is 10.8 Å². The highest BCUT2D eigenvalue weighted by atomic mass is 16.7. The third-order valence-corrected chi connectivity index (χ3v) is 3.93. The fourth-order valence-electron chi connectivity index (χ4n) is 2.56. The molecule has 0 N–H and O–H groups in total. The van der Waals surface area contributed by atoms with Gasteiger partial charge in [-0.2, -0.15) is 0 Å². The van der Waals surface area contributed by atoms with E-state index in [2.05, 4.69) is 10.3 Å². The van der Waals surface area contributed by atoms with Crippen molar-refractivity contribution >= 4 is 17.8 Å². The molecule has 1 aliphatic rings. The van der Waals surface area contributed by atoms with Gasteiger partial charge in [0, 0.05) is 0 Å². The smallest absolute Gasteiger partial charge is 0.322 e. The minimum absolute atomic E-state index is 0.123. The fraction of sp³-hybridized carbons (Fsp3) is 0.0556. The highest BCUT2D eigenvalue weighted by molar-refractivity contribution is 6.21. The second kappa shape index (κ2) is 5.92. The molecule has 4 rings (SSSR count). The number of carbonyl (C=O) groups is 3. The normalized spacial score (nSPS) is 13.0. The summed E-state index contributed by atoms with van der Waals surface area (Å²) in [5.41, 5.74) is 2.05. The summed E-state index contributed by atoms with van der Waals surface area (Å²) in [6, 6.07) is 13.7. The number of hydrogen-bond acceptors (Lipinski definition) is 6. The van der Waals surface area contributed by atoms with E-state index in [-0.39, 0.29) is 16.8 Å². The molecule has 0 bridgehead atoms. The predicted molar refractivity (Wildman–Crippen MR) is 88.5 cm³/mol. The maximum atomic E-state index is 12.3. The van der Waals surface area contributed by atoms with Crippen LogP contribution < -0.4 is 0 Å². The molecule has 0 saturated heterocycles. The van der Waals surface area contributed by atoms with Gasteiger partial charge in [0.2, 0.25) is 0 Å². The van der Waals surface area contributed by atoms with Crippen LogP contribution in [0.15, 0.2) is 54.7 Å². The van der Waals surface area contributed by atoms with Gasteiger partial charge in [-0.25, -0.2) is 9.48 Å². The number of hydroxylamine groups is 2. The van der Waals surface area contributed by atoms with Gasteiger partial charge in [-0.05, 0) is 31.2 Å². The van der Waals surface area contributed by atoms with Crippen LogP contribution in [0.4, 0.5) is 0 Å². The number of amides is 2. The van der Waals surface area contributed by atoms with E-state index >= 15 is 0 Å². The third-order valence-electron chi connectivity index (χ3n) is 3.93. The molecule has 0 radical (unpaired) electrons. The molecule has 26 heavy (non-hydrogen) atoms. The lowest BCUT2D eigenvalue weighted by atomic mass is 10.1. The van der Waals surface area contributed by atoms with Crippen molar-refractivity contribution < 1.29 is 19.2 Å². The Balaban J connectivity index is 1.54. The second-order valence-corrected chi connectivity index (χ2v) is 5.71. The summed E-state index contributed by atoms with van der Waals surface area (Å²) in [6.45, 7) is 1.95. The number of carbonyl (C=O) groups excluding carboxylic acids is 3. The lowest BCUT2D eigenvalue weighted by Crippen LogP contribution is -2.32. The van der Waals surface area contributed by atoms with Crippen LogP contribution in [0.2, 0.25) is 0 Å². The van der Waals surface area contributed by atoms with Crippen molar-refractivity contribution in [1.29, 1.82) is 0 Å². The number of benzene rings is 2. The van der Waals surface area contributed by atoms with Crippen LogP contribution >= 0.6 is 0 Å².